The van der Waals surface area contributed by atoms with Crippen LogP contribution in [-0.4, -0.2) is 57.1 Å². The van der Waals surface area contributed by atoms with Crippen LogP contribution in [0.2, 0.25) is 0 Å². The van der Waals surface area contributed by atoms with Gasteiger partial charge in [0.15, 0.2) is 11.0 Å². The number of nitrogens with zero attached hydrogens (tertiary/aromatic N) is 4. The van der Waals surface area contributed by atoms with Crippen LogP contribution in [0.15, 0.2) is 21.9 Å². The lowest BCUT2D eigenvalue weighted by atomic mass is 9.99. The molecule has 0 N–H and O–H groups in total. The fraction of sp³-hybridized carbons (Fsp3) is 0.650. The Kier molecular flexibility index (Phi) is 6.06. The van der Waals surface area contributed by atoms with Crippen molar-refractivity contribution in [3.63, 3.8) is 0 Å². The van der Waals surface area contributed by atoms with Gasteiger partial charge in [0.1, 0.15) is 5.76 Å². The minimum absolute atomic E-state index is 0.167. The Morgan fingerprint density at radius 3 is 2.79 bits per heavy atom. The summed E-state index contributed by atoms with van der Waals surface area (Å²) in [5.74, 6) is 2.89. The third-order valence-electron chi connectivity index (χ3n) is 5.69. The van der Waals surface area contributed by atoms with Gasteiger partial charge in [-0.3, -0.25) is 9.36 Å². The molecule has 152 valence electrons. The molecule has 1 amide bonds. The Morgan fingerprint density at radius 1 is 1.29 bits per heavy atom. The Balaban J connectivity index is 1.49. The lowest BCUT2D eigenvalue weighted by molar-refractivity contribution is -0.129. The van der Waals surface area contributed by atoms with E-state index in [2.05, 4.69) is 21.7 Å². The number of hydrogen-bond acceptors (Lipinski definition) is 6. The summed E-state index contributed by atoms with van der Waals surface area (Å²) in [5, 5.41) is 9.57. The maximum atomic E-state index is 12.6. The molecule has 0 radical (unpaired) electrons. The van der Waals surface area contributed by atoms with Crippen LogP contribution in [0, 0.1) is 12.8 Å². The zero-order valence-electron chi connectivity index (χ0n) is 16.6. The van der Waals surface area contributed by atoms with Crippen LogP contribution in [0.5, 0.6) is 0 Å². The van der Waals surface area contributed by atoms with E-state index in [1.165, 1.54) is 11.8 Å². The Morgan fingerprint density at radius 2 is 2.11 bits per heavy atom. The average molecular weight is 405 g/mol. The van der Waals surface area contributed by atoms with Crippen LogP contribution in [0.3, 0.4) is 0 Å². The van der Waals surface area contributed by atoms with Crippen LogP contribution in [-0.2, 0) is 16.1 Å². The molecule has 8 heteroatoms. The maximum absolute atomic E-state index is 12.6. The van der Waals surface area contributed by atoms with Crippen molar-refractivity contribution in [3.8, 4) is 11.4 Å². The van der Waals surface area contributed by atoms with Gasteiger partial charge in [-0.25, -0.2) is 0 Å². The van der Waals surface area contributed by atoms with E-state index >= 15 is 0 Å². The van der Waals surface area contributed by atoms with Gasteiger partial charge in [-0.15, -0.1) is 10.2 Å². The molecule has 7 nitrogen and oxygen atoms in total. The maximum Gasteiger partial charge on any atom is 0.233 e. The molecule has 0 aliphatic carbocycles. The standard InChI is InChI=1S/C20H28N4O3S/c1-14-5-8-23(9-6-14)18(25)13-28-20-22-21-19(17-7-11-26-15(17)2)24(20)12-16-4-3-10-27-16/h7,11,14,16H,3-6,8-10,12-13H2,1-2H3. The van der Waals surface area contributed by atoms with Gasteiger partial charge in [0.05, 0.1) is 30.2 Å². The van der Waals surface area contributed by atoms with Crippen molar-refractivity contribution in [2.75, 3.05) is 25.4 Å². The highest BCUT2D eigenvalue weighted by Gasteiger charge is 2.25. The molecule has 2 saturated heterocycles. The predicted molar refractivity (Wildman–Crippen MR) is 107 cm³/mol. The van der Waals surface area contributed by atoms with Crippen molar-refractivity contribution in [2.24, 2.45) is 5.92 Å². The van der Waals surface area contributed by atoms with Gasteiger partial charge < -0.3 is 14.1 Å². The predicted octanol–water partition coefficient (Wildman–Crippen LogP) is 3.38. The highest BCUT2D eigenvalue weighted by atomic mass is 32.2. The van der Waals surface area contributed by atoms with Crippen LogP contribution in [0.4, 0.5) is 0 Å². The van der Waals surface area contributed by atoms with E-state index in [-0.39, 0.29) is 12.0 Å². The van der Waals surface area contributed by atoms with Gasteiger partial charge in [-0.05, 0) is 44.6 Å². The smallest absolute Gasteiger partial charge is 0.233 e. The first-order valence-corrected chi connectivity index (χ1v) is 11.1. The first-order valence-electron chi connectivity index (χ1n) is 10.1. The monoisotopic (exact) mass is 404 g/mol. The SMILES string of the molecule is Cc1occc1-c1nnc(SCC(=O)N2CCC(C)CC2)n1CC1CCCO1. The van der Waals surface area contributed by atoms with E-state index in [1.54, 1.807) is 6.26 Å². The van der Waals surface area contributed by atoms with Crippen LogP contribution in [0.25, 0.3) is 11.4 Å². The zero-order chi connectivity index (χ0) is 19.5. The molecule has 4 heterocycles. The first kappa shape index (κ1) is 19.5. The van der Waals surface area contributed by atoms with Crippen LogP contribution in [0.1, 0.15) is 38.4 Å². The second-order valence-electron chi connectivity index (χ2n) is 7.79. The summed E-state index contributed by atoms with van der Waals surface area (Å²) in [5.41, 5.74) is 0.939. The number of aryl methyl sites for hydroxylation is 1. The summed E-state index contributed by atoms with van der Waals surface area (Å²) in [6, 6.07) is 1.92. The van der Waals surface area contributed by atoms with E-state index < -0.39 is 0 Å². The van der Waals surface area contributed by atoms with Gasteiger partial charge in [0.2, 0.25) is 5.91 Å². The molecule has 0 aromatic carbocycles. The summed E-state index contributed by atoms with van der Waals surface area (Å²) < 4.78 is 13.4. The number of furan rings is 1. The average Bonchev–Trinajstić information content (AvgIpc) is 3.43. The number of thioether (sulfide) groups is 1. The summed E-state index contributed by atoms with van der Waals surface area (Å²) in [6.45, 7) is 7.41. The third kappa shape index (κ3) is 4.27. The number of amides is 1. The molecule has 2 fully saturated rings. The van der Waals surface area contributed by atoms with E-state index in [0.717, 1.165) is 67.7 Å². The zero-order valence-corrected chi connectivity index (χ0v) is 17.4. The quantitative estimate of drug-likeness (QED) is 0.687. The van der Waals surface area contributed by atoms with Gasteiger partial charge in [0.25, 0.3) is 0 Å². The number of ether oxygens (including phenoxy) is 1. The van der Waals surface area contributed by atoms with Crippen molar-refractivity contribution in [1.82, 2.24) is 19.7 Å². The lowest BCUT2D eigenvalue weighted by Gasteiger charge is -2.30. The summed E-state index contributed by atoms with van der Waals surface area (Å²) in [6.07, 6.45) is 6.15. The molecule has 2 aliphatic rings. The molecule has 2 aromatic heterocycles. The minimum atomic E-state index is 0.167. The number of rotatable bonds is 6. The Labute approximate surface area is 169 Å². The highest BCUT2D eigenvalue weighted by Crippen LogP contribution is 2.29. The molecular formula is C20H28N4O3S. The first-order chi connectivity index (χ1) is 13.6. The van der Waals surface area contributed by atoms with Crippen molar-refractivity contribution in [1.29, 1.82) is 0 Å². The molecular weight excluding hydrogens is 376 g/mol. The number of aromatic nitrogens is 3. The Bertz CT molecular complexity index is 804. The van der Waals surface area contributed by atoms with E-state index in [4.69, 9.17) is 9.15 Å². The number of carbonyl (C=O) groups excluding carboxylic acids is 1. The second-order valence-corrected chi connectivity index (χ2v) is 8.74. The Hall–Kier alpha value is -1.80. The molecule has 0 saturated carbocycles. The van der Waals surface area contributed by atoms with Crippen molar-refractivity contribution in [3.05, 3.63) is 18.1 Å². The second kappa shape index (κ2) is 8.69. The molecule has 0 bridgehead atoms. The number of likely N-dealkylation sites (tertiary alicyclic amines) is 1. The molecule has 2 aromatic rings. The molecule has 2 aliphatic heterocycles. The molecule has 0 spiro atoms. The topological polar surface area (TPSA) is 73.4 Å². The normalized spacial score (nSPS) is 20.8. The third-order valence-corrected chi connectivity index (χ3v) is 6.64. The van der Waals surface area contributed by atoms with E-state index in [0.29, 0.717) is 18.2 Å². The van der Waals surface area contributed by atoms with Gasteiger partial charge >= 0.3 is 0 Å². The van der Waals surface area contributed by atoms with E-state index in [1.807, 2.05) is 17.9 Å². The lowest BCUT2D eigenvalue weighted by Crippen LogP contribution is -2.38. The fourth-order valence-electron chi connectivity index (χ4n) is 3.84. The molecule has 1 unspecified atom stereocenters. The van der Waals surface area contributed by atoms with Crippen LogP contribution >= 0.6 is 11.8 Å². The van der Waals surface area contributed by atoms with Gasteiger partial charge in [-0.1, -0.05) is 18.7 Å². The molecule has 28 heavy (non-hydrogen) atoms. The number of hydrogen-bond donors (Lipinski definition) is 0. The number of carbonyl (C=O) groups is 1. The summed E-state index contributed by atoms with van der Waals surface area (Å²) in [4.78, 5) is 14.6. The molecule has 4 rings (SSSR count). The number of piperidine rings is 1. The van der Waals surface area contributed by atoms with E-state index in [9.17, 15) is 4.79 Å². The molecule has 1 atom stereocenters. The fourth-order valence-corrected chi connectivity index (χ4v) is 4.69. The summed E-state index contributed by atoms with van der Waals surface area (Å²) >= 11 is 1.47. The summed E-state index contributed by atoms with van der Waals surface area (Å²) in [7, 11) is 0. The van der Waals surface area contributed by atoms with Crippen molar-refractivity contribution >= 4 is 17.7 Å². The van der Waals surface area contributed by atoms with Gasteiger partial charge in [-0.2, -0.15) is 0 Å². The van der Waals surface area contributed by atoms with Gasteiger partial charge in [0, 0.05) is 19.7 Å². The minimum Gasteiger partial charge on any atom is -0.469 e. The van der Waals surface area contributed by atoms with Crippen molar-refractivity contribution < 1.29 is 13.9 Å². The van der Waals surface area contributed by atoms with Crippen molar-refractivity contribution in [2.45, 2.75) is 57.3 Å². The largest absolute Gasteiger partial charge is 0.469 e. The highest BCUT2D eigenvalue weighted by molar-refractivity contribution is 7.99. The van der Waals surface area contributed by atoms with Crippen LogP contribution < -0.4 is 0 Å².